The van der Waals surface area contributed by atoms with Gasteiger partial charge in [0.15, 0.2) is 0 Å². The van der Waals surface area contributed by atoms with Crippen molar-refractivity contribution in [3.8, 4) is 17.5 Å². The maximum atomic E-state index is 9.86. The van der Waals surface area contributed by atoms with Crippen molar-refractivity contribution >= 4 is 22.3 Å². The molecule has 1 N–H and O–H groups in total. The SMILES string of the molecule is C\C=C/C(=C\C(C)=C\CC)c1ncc(CNc2ncnc(-c3cc4cccnc4cn3)c2C)cc1C#N. The summed E-state index contributed by atoms with van der Waals surface area (Å²) in [6.07, 6.45) is 15.9. The van der Waals surface area contributed by atoms with Crippen LogP contribution in [0.4, 0.5) is 5.82 Å². The molecule has 0 radical (unpaired) electrons. The first-order valence-electron chi connectivity index (χ1n) is 12.2. The molecular weight excluding hydrogens is 458 g/mol. The number of hydrogen-bond donors (Lipinski definition) is 1. The number of nitrogens with zero attached hydrogens (tertiary/aromatic N) is 6. The highest BCUT2D eigenvalue weighted by atomic mass is 15.0. The maximum Gasteiger partial charge on any atom is 0.133 e. The first-order chi connectivity index (χ1) is 18.0. The van der Waals surface area contributed by atoms with Crippen molar-refractivity contribution < 1.29 is 0 Å². The molecule has 4 rings (SSSR count). The lowest BCUT2D eigenvalue weighted by atomic mass is 10.0. The van der Waals surface area contributed by atoms with Gasteiger partial charge >= 0.3 is 0 Å². The lowest BCUT2D eigenvalue weighted by Gasteiger charge is -2.12. The largest absolute Gasteiger partial charge is 0.366 e. The molecule has 184 valence electrons. The summed E-state index contributed by atoms with van der Waals surface area (Å²) in [6.45, 7) is 8.55. The second kappa shape index (κ2) is 11.8. The van der Waals surface area contributed by atoms with E-state index < -0.39 is 0 Å². The van der Waals surface area contributed by atoms with E-state index in [1.165, 1.54) is 6.33 Å². The van der Waals surface area contributed by atoms with Gasteiger partial charge in [0.1, 0.15) is 18.2 Å². The number of nitrogens with one attached hydrogen (secondary N) is 1. The zero-order valence-electron chi connectivity index (χ0n) is 21.5. The molecule has 0 saturated carbocycles. The van der Waals surface area contributed by atoms with Gasteiger partial charge in [-0.25, -0.2) is 9.97 Å². The molecule has 0 aliphatic heterocycles. The summed E-state index contributed by atoms with van der Waals surface area (Å²) in [6, 6.07) is 10.1. The number of rotatable bonds is 8. The molecule has 7 heteroatoms. The lowest BCUT2D eigenvalue weighted by molar-refractivity contribution is 1.04. The van der Waals surface area contributed by atoms with Crippen molar-refractivity contribution in [1.29, 1.82) is 5.26 Å². The highest BCUT2D eigenvalue weighted by molar-refractivity contribution is 5.82. The van der Waals surface area contributed by atoms with E-state index in [1.807, 2.05) is 50.3 Å². The Morgan fingerprint density at radius 2 is 1.97 bits per heavy atom. The van der Waals surface area contributed by atoms with E-state index in [0.29, 0.717) is 23.6 Å². The Labute approximate surface area is 217 Å². The molecule has 0 unspecified atom stereocenters. The average molecular weight is 488 g/mol. The minimum absolute atomic E-state index is 0.464. The van der Waals surface area contributed by atoms with E-state index >= 15 is 0 Å². The summed E-state index contributed by atoms with van der Waals surface area (Å²) in [4.78, 5) is 22.4. The fourth-order valence-corrected chi connectivity index (χ4v) is 4.10. The van der Waals surface area contributed by atoms with Gasteiger partial charge in [0.05, 0.1) is 34.4 Å². The van der Waals surface area contributed by atoms with Crippen LogP contribution < -0.4 is 5.32 Å². The maximum absolute atomic E-state index is 9.86. The van der Waals surface area contributed by atoms with Crippen molar-refractivity contribution in [1.82, 2.24) is 24.9 Å². The summed E-state index contributed by atoms with van der Waals surface area (Å²) in [5.41, 5.74) is 7.38. The van der Waals surface area contributed by atoms with Gasteiger partial charge in [0.2, 0.25) is 0 Å². The van der Waals surface area contributed by atoms with Gasteiger partial charge in [0, 0.05) is 35.5 Å². The van der Waals surface area contributed by atoms with Crippen LogP contribution in [0.5, 0.6) is 0 Å². The van der Waals surface area contributed by atoms with Gasteiger partial charge in [-0.15, -0.1) is 0 Å². The Bertz CT molecular complexity index is 1560. The van der Waals surface area contributed by atoms with Crippen LogP contribution >= 0.6 is 0 Å². The Morgan fingerprint density at radius 1 is 1.11 bits per heavy atom. The predicted octanol–water partition coefficient (Wildman–Crippen LogP) is 6.59. The van der Waals surface area contributed by atoms with Gasteiger partial charge in [0.25, 0.3) is 0 Å². The number of hydrogen-bond acceptors (Lipinski definition) is 7. The molecule has 0 fully saturated rings. The third-order valence-corrected chi connectivity index (χ3v) is 5.87. The lowest BCUT2D eigenvalue weighted by Crippen LogP contribution is -2.07. The van der Waals surface area contributed by atoms with E-state index in [9.17, 15) is 5.26 Å². The van der Waals surface area contributed by atoms with Gasteiger partial charge in [-0.05, 0) is 51.0 Å². The van der Waals surface area contributed by atoms with Gasteiger partial charge < -0.3 is 5.32 Å². The average Bonchev–Trinajstić information content (AvgIpc) is 2.92. The molecule has 0 aromatic carbocycles. The van der Waals surface area contributed by atoms with Crippen LogP contribution in [0.15, 0.2) is 79.1 Å². The highest BCUT2D eigenvalue weighted by Crippen LogP contribution is 2.26. The zero-order chi connectivity index (χ0) is 26.2. The number of nitriles is 1. The number of anilines is 1. The van der Waals surface area contributed by atoms with Crippen LogP contribution in [0.2, 0.25) is 0 Å². The summed E-state index contributed by atoms with van der Waals surface area (Å²) in [7, 11) is 0. The standard InChI is InChI=1S/C30H29N7/c1-5-8-20(3)12-24(9-6-2)29-25(15-31)13-22(16-34-29)17-35-30-21(4)28(36-19-37-30)26-14-23-10-7-11-32-27(23)18-33-26/h6-14,16,18-19H,5,17H2,1-4H3,(H,35,36,37)/b9-6-,20-8+,24-12+. The quantitative estimate of drug-likeness (QED) is 0.280. The molecule has 0 amide bonds. The third-order valence-electron chi connectivity index (χ3n) is 5.87. The molecular formula is C30H29N7. The fraction of sp³-hybridized carbons (Fsp3) is 0.200. The Hall–Kier alpha value is -4.70. The van der Waals surface area contributed by atoms with Crippen LogP contribution in [-0.4, -0.2) is 24.9 Å². The minimum atomic E-state index is 0.464. The highest BCUT2D eigenvalue weighted by Gasteiger charge is 2.13. The topological polar surface area (TPSA) is 100 Å². The molecule has 0 atom stereocenters. The molecule has 4 aromatic heterocycles. The molecule has 4 aromatic rings. The van der Waals surface area contributed by atoms with Crippen molar-refractivity contribution in [2.45, 2.75) is 40.7 Å². The third kappa shape index (κ3) is 5.93. The van der Waals surface area contributed by atoms with Crippen molar-refractivity contribution in [3.05, 3.63) is 101 Å². The number of allylic oxidation sites excluding steroid dienone is 6. The Morgan fingerprint density at radius 3 is 2.76 bits per heavy atom. The van der Waals surface area contributed by atoms with Crippen LogP contribution in [-0.2, 0) is 6.54 Å². The molecule has 7 nitrogen and oxygen atoms in total. The van der Waals surface area contributed by atoms with Crippen molar-refractivity contribution in [2.75, 3.05) is 5.32 Å². The molecule has 0 saturated heterocycles. The summed E-state index contributed by atoms with van der Waals surface area (Å²) in [5, 5.41) is 14.2. The first-order valence-corrected chi connectivity index (χ1v) is 12.2. The molecule has 0 aliphatic carbocycles. The predicted molar refractivity (Wildman–Crippen MR) is 148 cm³/mol. The minimum Gasteiger partial charge on any atom is -0.366 e. The van der Waals surface area contributed by atoms with E-state index in [4.69, 9.17) is 0 Å². The van der Waals surface area contributed by atoms with E-state index in [-0.39, 0.29) is 0 Å². The first kappa shape index (κ1) is 25.4. The van der Waals surface area contributed by atoms with Crippen molar-refractivity contribution in [2.24, 2.45) is 0 Å². The van der Waals surface area contributed by atoms with Gasteiger partial charge in [-0.2, -0.15) is 5.26 Å². The fourth-order valence-electron chi connectivity index (χ4n) is 4.10. The normalized spacial score (nSPS) is 12.2. The molecule has 0 spiro atoms. The summed E-state index contributed by atoms with van der Waals surface area (Å²) >= 11 is 0. The number of aromatic nitrogens is 5. The van der Waals surface area contributed by atoms with E-state index in [1.54, 1.807) is 18.6 Å². The summed E-state index contributed by atoms with van der Waals surface area (Å²) < 4.78 is 0. The number of pyridine rings is 3. The van der Waals surface area contributed by atoms with Crippen LogP contribution in [0.3, 0.4) is 0 Å². The smallest absolute Gasteiger partial charge is 0.133 e. The number of fused-ring (bicyclic) bond motifs is 1. The Kier molecular flexibility index (Phi) is 8.11. The van der Waals surface area contributed by atoms with Crippen LogP contribution in [0, 0.1) is 18.3 Å². The van der Waals surface area contributed by atoms with Crippen LogP contribution in [0.1, 0.15) is 49.6 Å². The van der Waals surface area contributed by atoms with Crippen LogP contribution in [0.25, 0.3) is 27.9 Å². The zero-order valence-corrected chi connectivity index (χ0v) is 21.5. The summed E-state index contributed by atoms with van der Waals surface area (Å²) in [5.74, 6) is 0.704. The van der Waals surface area contributed by atoms with Crippen molar-refractivity contribution in [3.63, 3.8) is 0 Å². The monoisotopic (exact) mass is 487 g/mol. The van der Waals surface area contributed by atoms with Gasteiger partial charge in [-0.3, -0.25) is 15.0 Å². The molecule has 0 aliphatic rings. The van der Waals surface area contributed by atoms with E-state index in [0.717, 1.165) is 51.0 Å². The molecule has 0 bridgehead atoms. The molecule has 37 heavy (non-hydrogen) atoms. The van der Waals surface area contributed by atoms with Gasteiger partial charge in [-0.1, -0.05) is 42.9 Å². The molecule has 4 heterocycles. The second-order valence-corrected chi connectivity index (χ2v) is 8.62. The Balaban J connectivity index is 1.58. The van der Waals surface area contributed by atoms with E-state index in [2.05, 4.69) is 62.3 Å². The second-order valence-electron chi connectivity index (χ2n) is 8.62.